The van der Waals surface area contributed by atoms with Crippen LogP contribution in [0.4, 0.5) is 0 Å². The van der Waals surface area contributed by atoms with Crippen molar-refractivity contribution in [3.05, 3.63) is 57.7 Å². The summed E-state index contributed by atoms with van der Waals surface area (Å²) in [6.45, 7) is 0. The number of nitrogens with one attached hydrogen (secondary N) is 2. The van der Waals surface area contributed by atoms with Crippen LogP contribution in [0, 0.1) is 0 Å². The minimum absolute atomic E-state index is 0.164. The van der Waals surface area contributed by atoms with Crippen LogP contribution in [0.3, 0.4) is 0 Å². The standard InChI is InChI=1S/C17H16N2O6S/c1-25-12-4-2-10(3-5-12)15-14(20)8-13(17(22)19-15)16(21)18-11-6-7-26(23,24)9-11/h2-8,11,20H,9H2,1H3,(H,18,21)(H,19,22)/t11-/m1/s1. The van der Waals surface area contributed by atoms with Crippen molar-refractivity contribution in [1.29, 1.82) is 0 Å². The summed E-state index contributed by atoms with van der Waals surface area (Å²) in [5.74, 6) is -0.692. The Labute approximate surface area is 149 Å². The number of carbonyl (C=O) groups excluding carboxylic acids is 1. The Morgan fingerprint density at radius 2 is 2.00 bits per heavy atom. The largest absolute Gasteiger partial charge is 0.506 e. The number of benzene rings is 1. The molecule has 1 aliphatic rings. The Bertz CT molecular complexity index is 1040. The lowest BCUT2D eigenvalue weighted by molar-refractivity contribution is 0.0945. The van der Waals surface area contributed by atoms with Gasteiger partial charge in [-0.25, -0.2) is 8.42 Å². The fraction of sp³-hybridized carbons (Fsp3) is 0.176. The number of carbonyl (C=O) groups is 1. The molecule has 1 aromatic carbocycles. The summed E-state index contributed by atoms with van der Waals surface area (Å²) in [6.07, 6.45) is 1.34. The highest BCUT2D eigenvalue weighted by molar-refractivity contribution is 7.94. The maximum absolute atomic E-state index is 12.2. The molecule has 0 radical (unpaired) electrons. The van der Waals surface area contributed by atoms with Gasteiger partial charge in [0.1, 0.15) is 17.1 Å². The SMILES string of the molecule is COc1ccc(-c2[nH]c(=O)c(C(=O)N[C@@H]3C=CS(=O)(=O)C3)cc2O)cc1. The number of aromatic nitrogens is 1. The highest BCUT2D eigenvalue weighted by Gasteiger charge is 2.25. The van der Waals surface area contributed by atoms with E-state index in [0.717, 1.165) is 11.5 Å². The molecule has 0 saturated carbocycles. The molecule has 9 heteroatoms. The summed E-state index contributed by atoms with van der Waals surface area (Å²) in [6, 6.07) is 6.98. The van der Waals surface area contributed by atoms with Crippen LogP contribution in [0.2, 0.25) is 0 Å². The molecule has 2 aromatic rings. The van der Waals surface area contributed by atoms with Crippen LogP contribution in [0.25, 0.3) is 11.3 Å². The number of amides is 1. The van der Waals surface area contributed by atoms with E-state index in [1.165, 1.54) is 13.2 Å². The molecule has 0 spiro atoms. The summed E-state index contributed by atoms with van der Waals surface area (Å²) in [4.78, 5) is 26.9. The fourth-order valence-corrected chi connectivity index (χ4v) is 3.81. The number of rotatable bonds is 4. The molecule has 1 atom stereocenters. The third-order valence-electron chi connectivity index (χ3n) is 3.89. The predicted molar refractivity (Wildman–Crippen MR) is 94.9 cm³/mol. The zero-order chi connectivity index (χ0) is 18.9. The van der Waals surface area contributed by atoms with Crippen molar-refractivity contribution in [3.63, 3.8) is 0 Å². The number of ether oxygens (including phenoxy) is 1. The van der Waals surface area contributed by atoms with E-state index in [4.69, 9.17) is 4.74 Å². The van der Waals surface area contributed by atoms with Crippen molar-refractivity contribution < 1.29 is 23.1 Å². The van der Waals surface area contributed by atoms with E-state index in [9.17, 15) is 23.1 Å². The number of hydrogen-bond acceptors (Lipinski definition) is 6. The second kappa shape index (κ2) is 6.68. The highest BCUT2D eigenvalue weighted by atomic mass is 32.2. The van der Waals surface area contributed by atoms with Gasteiger partial charge < -0.3 is 20.1 Å². The molecule has 0 saturated heterocycles. The van der Waals surface area contributed by atoms with E-state index >= 15 is 0 Å². The summed E-state index contributed by atoms with van der Waals surface area (Å²) in [7, 11) is -1.81. The van der Waals surface area contributed by atoms with Gasteiger partial charge >= 0.3 is 0 Å². The Balaban J connectivity index is 1.86. The number of pyridine rings is 1. The molecule has 1 amide bonds. The van der Waals surface area contributed by atoms with Crippen LogP contribution < -0.4 is 15.6 Å². The molecule has 136 valence electrons. The van der Waals surface area contributed by atoms with Gasteiger partial charge in [-0.3, -0.25) is 9.59 Å². The van der Waals surface area contributed by atoms with E-state index in [-0.39, 0.29) is 22.8 Å². The molecule has 3 rings (SSSR count). The van der Waals surface area contributed by atoms with Gasteiger partial charge in [0.2, 0.25) is 0 Å². The molecule has 3 N–H and O–H groups in total. The topological polar surface area (TPSA) is 126 Å². The Morgan fingerprint density at radius 3 is 2.58 bits per heavy atom. The van der Waals surface area contributed by atoms with Crippen molar-refractivity contribution in [3.8, 4) is 22.8 Å². The van der Waals surface area contributed by atoms with Crippen LogP contribution >= 0.6 is 0 Å². The number of H-pyrrole nitrogens is 1. The van der Waals surface area contributed by atoms with Crippen molar-refractivity contribution in [2.45, 2.75) is 6.04 Å². The number of sulfone groups is 1. The van der Waals surface area contributed by atoms with E-state index in [2.05, 4.69) is 10.3 Å². The lowest BCUT2D eigenvalue weighted by Crippen LogP contribution is -2.38. The first-order valence-corrected chi connectivity index (χ1v) is 9.33. The first-order chi connectivity index (χ1) is 12.3. The lowest BCUT2D eigenvalue weighted by atomic mass is 10.1. The van der Waals surface area contributed by atoms with Gasteiger partial charge in [0.25, 0.3) is 11.5 Å². The summed E-state index contributed by atoms with van der Waals surface area (Å²) >= 11 is 0. The maximum atomic E-state index is 12.2. The minimum Gasteiger partial charge on any atom is -0.506 e. The molecule has 0 unspecified atom stereocenters. The smallest absolute Gasteiger partial charge is 0.261 e. The predicted octanol–water partition coefficient (Wildman–Crippen LogP) is 0.797. The van der Waals surface area contributed by atoms with E-state index < -0.39 is 27.3 Å². The average molecular weight is 376 g/mol. The molecule has 1 aromatic heterocycles. The lowest BCUT2D eigenvalue weighted by Gasteiger charge is -2.11. The molecular formula is C17H16N2O6S. The molecule has 2 heterocycles. The van der Waals surface area contributed by atoms with Gasteiger partial charge in [-0.1, -0.05) is 0 Å². The van der Waals surface area contributed by atoms with Gasteiger partial charge in [-0.05, 0) is 30.3 Å². The van der Waals surface area contributed by atoms with Crippen LogP contribution in [0.5, 0.6) is 11.5 Å². The van der Waals surface area contributed by atoms with Crippen LogP contribution in [0.1, 0.15) is 10.4 Å². The Morgan fingerprint density at radius 1 is 1.31 bits per heavy atom. The second-order valence-electron chi connectivity index (χ2n) is 5.74. The Kier molecular flexibility index (Phi) is 4.56. The third-order valence-corrected chi connectivity index (χ3v) is 5.29. The van der Waals surface area contributed by atoms with Crippen molar-refractivity contribution in [1.82, 2.24) is 10.3 Å². The van der Waals surface area contributed by atoms with E-state index in [1.54, 1.807) is 24.3 Å². The maximum Gasteiger partial charge on any atom is 0.261 e. The Hall–Kier alpha value is -3.07. The summed E-state index contributed by atoms with van der Waals surface area (Å²) in [5, 5.41) is 13.7. The van der Waals surface area contributed by atoms with Gasteiger partial charge in [0.15, 0.2) is 9.84 Å². The monoisotopic (exact) mass is 376 g/mol. The quantitative estimate of drug-likeness (QED) is 0.725. The van der Waals surface area contributed by atoms with Crippen LogP contribution in [-0.2, 0) is 9.84 Å². The zero-order valence-corrected chi connectivity index (χ0v) is 14.5. The van der Waals surface area contributed by atoms with E-state index in [1.807, 2.05) is 0 Å². The second-order valence-corrected chi connectivity index (χ2v) is 7.67. The third kappa shape index (κ3) is 3.62. The van der Waals surface area contributed by atoms with Crippen LogP contribution in [0.15, 0.2) is 46.6 Å². The van der Waals surface area contributed by atoms with Crippen molar-refractivity contribution in [2.24, 2.45) is 0 Å². The van der Waals surface area contributed by atoms with Gasteiger partial charge in [0, 0.05) is 17.0 Å². The number of hydrogen-bond donors (Lipinski definition) is 3. The molecule has 0 aliphatic carbocycles. The average Bonchev–Trinajstić information content (AvgIpc) is 2.95. The summed E-state index contributed by atoms with van der Waals surface area (Å²) < 4.78 is 27.8. The first kappa shape index (κ1) is 17.7. The number of methoxy groups -OCH3 is 1. The molecule has 1 aliphatic heterocycles. The zero-order valence-electron chi connectivity index (χ0n) is 13.7. The molecular weight excluding hydrogens is 360 g/mol. The fourth-order valence-electron chi connectivity index (χ4n) is 2.58. The molecule has 26 heavy (non-hydrogen) atoms. The number of aromatic hydroxyl groups is 1. The van der Waals surface area contributed by atoms with Crippen molar-refractivity contribution >= 4 is 15.7 Å². The van der Waals surface area contributed by atoms with Gasteiger partial charge in [-0.2, -0.15) is 0 Å². The first-order valence-electron chi connectivity index (χ1n) is 7.61. The van der Waals surface area contributed by atoms with E-state index in [0.29, 0.717) is 11.3 Å². The number of aromatic amines is 1. The van der Waals surface area contributed by atoms with Gasteiger partial charge in [-0.15, -0.1) is 0 Å². The van der Waals surface area contributed by atoms with Crippen LogP contribution in [-0.4, -0.2) is 43.3 Å². The molecule has 0 bridgehead atoms. The molecule has 0 fully saturated rings. The summed E-state index contributed by atoms with van der Waals surface area (Å²) in [5.41, 5.74) is -0.303. The minimum atomic E-state index is -3.33. The highest BCUT2D eigenvalue weighted by Crippen LogP contribution is 2.27. The molecule has 8 nitrogen and oxygen atoms in total. The van der Waals surface area contributed by atoms with Gasteiger partial charge in [0.05, 0.1) is 24.6 Å². The van der Waals surface area contributed by atoms with Crippen molar-refractivity contribution in [2.75, 3.05) is 12.9 Å². The normalized spacial score (nSPS) is 17.8.